The Hall–Kier alpha value is -2.00. The minimum Gasteiger partial charge on any atom is -0.476 e. The van der Waals surface area contributed by atoms with Crippen molar-refractivity contribution in [3.05, 3.63) is 52.5 Å². The Morgan fingerprint density at radius 2 is 2.05 bits per heavy atom. The third-order valence-electron chi connectivity index (χ3n) is 2.44. The number of hydrogen-bond acceptors (Lipinski definition) is 4. The number of anilines is 1. The lowest BCUT2D eigenvalue weighted by Crippen LogP contribution is -2.16. The Bertz CT molecular complexity index is 811. The number of carbonyl (C=O) groups is 1. The third-order valence-corrected chi connectivity index (χ3v) is 4.78. The molecule has 0 unspecified atom stereocenters. The Kier molecular flexibility index (Phi) is 4.24. The molecule has 0 fully saturated rings. The van der Waals surface area contributed by atoms with Gasteiger partial charge in [0.2, 0.25) is 0 Å². The number of nitrogens with one attached hydrogen (secondary N) is 1. The number of carboxylic acid groups (broad SMARTS) is 1. The van der Waals surface area contributed by atoms with Gasteiger partial charge in [-0.25, -0.2) is 22.6 Å². The van der Waals surface area contributed by atoms with E-state index < -0.39 is 27.5 Å². The van der Waals surface area contributed by atoms with Gasteiger partial charge < -0.3 is 5.11 Å². The number of rotatable bonds is 4. The molecule has 0 aliphatic rings. The van der Waals surface area contributed by atoms with E-state index in [9.17, 15) is 17.6 Å². The molecule has 0 bridgehead atoms. The second kappa shape index (κ2) is 5.78. The van der Waals surface area contributed by atoms with E-state index in [1.807, 2.05) is 0 Å². The smallest absolute Gasteiger partial charge is 0.356 e. The molecule has 6 nitrogen and oxygen atoms in total. The van der Waals surface area contributed by atoms with Crippen molar-refractivity contribution in [1.82, 2.24) is 4.98 Å². The molecule has 2 N–H and O–H groups in total. The molecule has 0 aliphatic carbocycles. The lowest BCUT2D eigenvalue weighted by Gasteiger charge is -2.11. The highest BCUT2D eigenvalue weighted by atomic mass is 79.9. The van der Waals surface area contributed by atoms with Crippen LogP contribution in [-0.4, -0.2) is 24.5 Å². The molecule has 1 aromatic carbocycles. The fourth-order valence-corrected chi connectivity index (χ4v) is 3.67. The lowest BCUT2D eigenvalue weighted by atomic mass is 10.3. The normalized spacial score (nSPS) is 11.1. The summed E-state index contributed by atoms with van der Waals surface area (Å²) in [6, 6.07) is 5.71. The summed E-state index contributed by atoms with van der Waals surface area (Å²) in [4.78, 5) is 14.4. The molecule has 21 heavy (non-hydrogen) atoms. The predicted octanol–water partition coefficient (Wildman–Crippen LogP) is 2.48. The molecule has 9 heteroatoms. The Morgan fingerprint density at radius 1 is 1.33 bits per heavy atom. The molecular formula is C12H8BrFN2O4S. The van der Waals surface area contributed by atoms with Gasteiger partial charge in [0.25, 0.3) is 10.0 Å². The van der Waals surface area contributed by atoms with Crippen molar-refractivity contribution in [3.8, 4) is 0 Å². The molecule has 1 aromatic heterocycles. The van der Waals surface area contributed by atoms with Crippen molar-refractivity contribution in [3.63, 3.8) is 0 Å². The highest BCUT2D eigenvalue weighted by molar-refractivity contribution is 9.10. The Labute approximate surface area is 127 Å². The fourth-order valence-electron chi connectivity index (χ4n) is 1.55. The van der Waals surface area contributed by atoms with Crippen LogP contribution < -0.4 is 4.72 Å². The van der Waals surface area contributed by atoms with Crippen LogP contribution in [0.1, 0.15) is 10.5 Å². The van der Waals surface area contributed by atoms with Crippen LogP contribution in [-0.2, 0) is 10.0 Å². The predicted molar refractivity (Wildman–Crippen MR) is 76.1 cm³/mol. The number of hydrogen-bond donors (Lipinski definition) is 2. The zero-order valence-corrected chi connectivity index (χ0v) is 12.6. The molecular weight excluding hydrogens is 367 g/mol. The number of aromatic carboxylic acids is 1. The average Bonchev–Trinajstić information content (AvgIpc) is 2.37. The maximum absolute atomic E-state index is 13.0. The number of sulfonamides is 1. The molecule has 2 rings (SSSR count). The van der Waals surface area contributed by atoms with Crippen molar-refractivity contribution in [2.45, 2.75) is 4.90 Å². The molecule has 0 atom stereocenters. The quantitative estimate of drug-likeness (QED) is 0.856. The molecule has 0 aliphatic heterocycles. The van der Waals surface area contributed by atoms with Crippen LogP contribution in [0.3, 0.4) is 0 Å². The Morgan fingerprint density at radius 3 is 2.67 bits per heavy atom. The number of aromatic nitrogens is 1. The average molecular weight is 375 g/mol. The first-order chi connectivity index (χ1) is 9.81. The van der Waals surface area contributed by atoms with Gasteiger partial charge >= 0.3 is 5.97 Å². The fraction of sp³-hybridized carbons (Fsp3) is 0. The number of halogens is 2. The third kappa shape index (κ3) is 3.37. The van der Waals surface area contributed by atoms with Crippen LogP contribution >= 0.6 is 15.9 Å². The maximum Gasteiger partial charge on any atom is 0.356 e. The number of benzene rings is 1. The van der Waals surface area contributed by atoms with Crippen molar-refractivity contribution in [1.29, 1.82) is 0 Å². The first-order valence-electron chi connectivity index (χ1n) is 5.47. The lowest BCUT2D eigenvalue weighted by molar-refractivity contribution is 0.0692. The second-order valence-electron chi connectivity index (χ2n) is 3.88. The van der Waals surface area contributed by atoms with Crippen molar-refractivity contribution in [2.24, 2.45) is 0 Å². The first kappa shape index (κ1) is 15.4. The highest BCUT2D eigenvalue weighted by Crippen LogP contribution is 2.25. The van der Waals surface area contributed by atoms with Gasteiger partial charge in [0.05, 0.1) is 5.69 Å². The highest BCUT2D eigenvalue weighted by Gasteiger charge is 2.21. The van der Waals surface area contributed by atoms with Crippen LogP contribution in [0.25, 0.3) is 0 Å². The minimum atomic E-state index is -4.08. The topological polar surface area (TPSA) is 96.4 Å². The number of pyridine rings is 1. The van der Waals surface area contributed by atoms with E-state index in [0.29, 0.717) is 0 Å². The van der Waals surface area contributed by atoms with E-state index in [1.165, 1.54) is 18.3 Å². The van der Waals surface area contributed by atoms with E-state index >= 15 is 0 Å². The monoisotopic (exact) mass is 374 g/mol. The zero-order valence-electron chi connectivity index (χ0n) is 10.2. The minimum absolute atomic E-state index is 0.0239. The molecule has 0 saturated heterocycles. The van der Waals surface area contributed by atoms with E-state index in [1.54, 1.807) is 0 Å². The summed E-state index contributed by atoms with van der Waals surface area (Å²) in [5, 5.41) is 8.97. The second-order valence-corrected chi connectivity index (χ2v) is 6.39. The summed E-state index contributed by atoms with van der Waals surface area (Å²) in [6.07, 6.45) is 1.23. The SMILES string of the molecule is O=C(O)c1ncccc1NS(=O)(=O)c1ccc(F)cc1Br. The zero-order chi connectivity index (χ0) is 15.6. The van der Waals surface area contributed by atoms with Gasteiger partial charge in [-0.2, -0.15) is 0 Å². The summed E-state index contributed by atoms with van der Waals surface area (Å²) in [6.45, 7) is 0. The molecule has 0 saturated carbocycles. The number of nitrogens with zero attached hydrogens (tertiary/aromatic N) is 1. The summed E-state index contributed by atoms with van der Waals surface area (Å²) in [7, 11) is -4.08. The molecule has 0 spiro atoms. The van der Waals surface area contributed by atoms with E-state index in [0.717, 1.165) is 18.2 Å². The maximum atomic E-state index is 13.0. The van der Waals surface area contributed by atoms with E-state index in [4.69, 9.17) is 5.11 Å². The molecule has 2 aromatic rings. The largest absolute Gasteiger partial charge is 0.476 e. The number of carboxylic acids is 1. The van der Waals surface area contributed by atoms with Crippen molar-refractivity contribution in [2.75, 3.05) is 4.72 Å². The van der Waals surface area contributed by atoms with Gasteiger partial charge in [-0.1, -0.05) is 0 Å². The Balaban J connectivity index is 2.45. The standard InChI is InChI=1S/C12H8BrFN2O4S/c13-8-6-7(14)3-4-10(8)21(19,20)16-9-2-1-5-15-11(9)12(17)18/h1-6,16H,(H,17,18). The van der Waals surface area contributed by atoms with Crippen molar-refractivity contribution < 1.29 is 22.7 Å². The first-order valence-corrected chi connectivity index (χ1v) is 7.75. The summed E-state index contributed by atoms with van der Waals surface area (Å²) < 4.78 is 39.6. The molecule has 110 valence electrons. The summed E-state index contributed by atoms with van der Waals surface area (Å²) in [5.74, 6) is -1.97. The van der Waals surface area contributed by atoms with E-state index in [2.05, 4.69) is 25.6 Å². The van der Waals surface area contributed by atoms with Gasteiger partial charge in [0, 0.05) is 10.7 Å². The summed E-state index contributed by atoms with van der Waals surface area (Å²) >= 11 is 2.95. The van der Waals surface area contributed by atoms with E-state index in [-0.39, 0.29) is 15.1 Å². The van der Waals surface area contributed by atoms with Gasteiger partial charge in [-0.15, -0.1) is 0 Å². The molecule has 0 amide bonds. The van der Waals surface area contributed by atoms with Gasteiger partial charge in [0.1, 0.15) is 10.7 Å². The van der Waals surface area contributed by atoms with Crippen LogP contribution in [0.2, 0.25) is 0 Å². The molecule has 0 radical (unpaired) electrons. The molecule has 1 heterocycles. The van der Waals surface area contributed by atoms with Crippen LogP contribution in [0.5, 0.6) is 0 Å². The van der Waals surface area contributed by atoms with Crippen LogP contribution in [0.4, 0.5) is 10.1 Å². The van der Waals surface area contributed by atoms with Gasteiger partial charge in [0.15, 0.2) is 5.69 Å². The van der Waals surface area contributed by atoms with Crippen molar-refractivity contribution >= 4 is 37.6 Å². The van der Waals surface area contributed by atoms with Crippen LogP contribution in [0, 0.1) is 5.82 Å². The van der Waals surface area contributed by atoms with Gasteiger partial charge in [-0.05, 0) is 46.3 Å². The van der Waals surface area contributed by atoms with Crippen LogP contribution in [0.15, 0.2) is 45.9 Å². The summed E-state index contributed by atoms with van der Waals surface area (Å²) in [5.41, 5.74) is -0.611. The van der Waals surface area contributed by atoms with Gasteiger partial charge in [-0.3, -0.25) is 4.72 Å².